The molecule has 0 N–H and O–H groups in total. The third-order valence-electron chi connectivity index (χ3n) is 5.69. The van der Waals surface area contributed by atoms with Crippen molar-refractivity contribution >= 4 is 5.91 Å². The zero-order chi connectivity index (χ0) is 17.9. The minimum Gasteiger partial charge on any atom is -0.341 e. The van der Waals surface area contributed by atoms with E-state index in [2.05, 4.69) is 50.0 Å². The third-order valence-corrected chi connectivity index (χ3v) is 5.69. The van der Waals surface area contributed by atoms with E-state index in [9.17, 15) is 4.79 Å². The summed E-state index contributed by atoms with van der Waals surface area (Å²) in [6.45, 7) is 6.13. The SMILES string of the molecule is CC(=O)N1CCc2nnc([C@H]3CCCN3CCc3ccccc3)n2CC1. The maximum atomic E-state index is 11.7. The van der Waals surface area contributed by atoms with Crippen LogP contribution in [0.15, 0.2) is 30.3 Å². The molecule has 3 heterocycles. The fraction of sp³-hybridized carbons (Fsp3) is 0.550. The van der Waals surface area contributed by atoms with E-state index in [-0.39, 0.29) is 5.91 Å². The molecule has 2 aromatic rings. The van der Waals surface area contributed by atoms with Crippen LogP contribution in [0.1, 0.15) is 43.0 Å². The Morgan fingerprint density at radius 3 is 2.77 bits per heavy atom. The first-order chi connectivity index (χ1) is 12.7. The molecule has 1 fully saturated rings. The van der Waals surface area contributed by atoms with Crippen LogP contribution in [-0.2, 0) is 24.2 Å². The Bertz CT molecular complexity index is 757. The minimum absolute atomic E-state index is 0.149. The summed E-state index contributed by atoms with van der Waals surface area (Å²) in [5, 5.41) is 9.02. The molecule has 1 amide bonds. The summed E-state index contributed by atoms with van der Waals surface area (Å²) in [7, 11) is 0. The summed E-state index contributed by atoms with van der Waals surface area (Å²) in [6, 6.07) is 11.0. The molecule has 0 aliphatic carbocycles. The minimum atomic E-state index is 0.149. The molecular formula is C20H27N5O. The van der Waals surface area contributed by atoms with Gasteiger partial charge in [0.05, 0.1) is 6.04 Å². The second kappa shape index (κ2) is 7.58. The van der Waals surface area contributed by atoms with Crippen LogP contribution in [0, 0.1) is 0 Å². The molecule has 1 aromatic carbocycles. The Labute approximate surface area is 154 Å². The summed E-state index contributed by atoms with van der Waals surface area (Å²) >= 11 is 0. The van der Waals surface area contributed by atoms with Crippen molar-refractivity contribution in [3.05, 3.63) is 47.5 Å². The highest BCUT2D eigenvalue weighted by Gasteiger charge is 2.31. The molecule has 2 aliphatic rings. The monoisotopic (exact) mass is 353 g/mol. The van der Waals surface area contributed by atoms with E-state index in [4.69, 9.17) is 0 Å². The summed E-state index contributed by atoms with van der Waals surface area (Å²) < 4.78 is 2.27. The molecular weight excluding hydrogens is 326 g/mol. The van der Waals surface area contributed by atoms with Crippen LogP contribution in [-0.4, -0.2) is 56.7 Å². The predicted octanol–water partition coefficient (Wildman–Crippen LogP) is 2.06. The lowest BCUT2D eigenvalue weighted by atomic mass is 10.1. The second-order valence-corrected chi connectivity index (χ2v) is 7.31. The Morgan fingerprint density at radius 2 is 1.96 bits per heavy atom. The van der Waals surface area contributed by atoms with E-state index in [1.807, 2.05) is 4.90 Å². The molecule has 1 aromatic heterocycles. The first-order valence-corrected chi connectivity index (χ1v) is 9.68. The van der Waals surface area contributed by atoms with Gasteiger partial charge in [-0.2, -0.15) is 0 Å². The van der Waals surface area contributed by atoms with Crippen molar-refractivity contribution in [2.24, 2.45) is 0 Å². The number of fused-ring (bicyclic) bond motifs is 1. The van der Waals surface area contributed by atoms with Crippen molar-refractivity contribution in [3.63, 3.8) is 0 Å². The number of hydrogen-bond acceptors (Lipinski definition) is 4. The van der Waals surface area contributed by atoms with Crippen molar-refractivity contribution in [3.8, 4) is 0 Å². The smallest absolute Gasteiger partial charge is 0.219 e. The lowest BCUT2D eigenvalue weighted by Gasteiger charge is -2.24. The highest BCUT2D eigenvalue weighted by molar-refractivity contribution is 5.73. The number of rotatable bonds is 4. The number of likely N-dealkylation sites (tertiary alicyclic amines) is 1. The zero-order valence-electron chi connectivity index (χ0n) is 15.5. The number of hydrogen-bond donors (Lipinski definition) is 0. The van der Waals surface area contributed by atoms with Crippen molar-refractivity contribution < 1.29 is 4.79 Å². The van der Waals surface area contributed by atoms with Gasteiger partial charge in [0.1, 0.15) is 11.6 Å². The fourth-order valence-corrected chi connectivity index (χ4v) is 4.21. The van der Waals surface area contributed by atoms with Crippen molar-refractivity contribution in [2.75, 3.05) is 26.2 Å². The van der Waals surface area contributed by atoms with Crippen LogP contribution in [0.3, 0.4) is 0 Å². The van der Waals surface area contributed by atoms with Gasteiger partial charge in [-0.25, -0.2) is 0 Å². The molecule has 0 saturated carbocycles. The Hall–Kier alpha value is -2.21. The van der Waals surface area contributed by atoms with E-state index >= 15 is 0 Å². The molecule has 4 rings (SSSR count). The molecule has 6 nitrogen and oxygen atoms in total. The maximum absolute atomic E-state index is 11.7. The van der Waals surface area contributed by atoms with Gasteiger partial charge in [-0.05, 0) is 31.4 Å². The number of amides is 1. The van der Waals surface area contributed by atoms with Gasteiger partial charge < -0.3 is 9.47 Å². The van der Waals surface area contributed by atoms with Gasteiger partial charge in [0.2, 0.25) is 5.91 Å². The first-order valence-electron chi connectivity index (χ1n) is 9.68. The van der Waals surface area contributed by atoms with Crippen LogP contribution < -0.4 is 0 Å². The highest BCUT2D eigenvalue weighted by atomic mass is 16.2. The maximum Gasteiger partial charge on any atom is 0.219 e. The van der Waals surface area contributed by atoms with Gasteiger partial charge in [0.25, 0.3) is 0 Å². The summed E-state index contributed by atoms with van der Waals surface area (Å²) in [5.41, 5.74) is 1.38. The first kappa shape index (κ1) is 17.2. The van der Waals surface area contributed by atoms with Gasteiger partial charge in [-0.3, -0.25) is 9.69 Å². The van der Waals surface area contributed by atoms with Crippen LogP contribution in [0.4, 0.5) is 0 Å². The molecule has 26 heavy (non-hydrogen) atoms. The zero-order valence-corrected chi connectivity index (χ0v) is 15.5. The third kappa shape index (κ3) is 3.51. The molecule has 1 atom stereocenters. The van der Waals surface area contributed by atoms with Crippen LogP contribution >= 0.6 is 0 Å². The summed E-state index contributed by atoms with van der Waals surface area (Å²) in [4.78, 5) is 16.2. The van der Waals surface area contributed by atoms with Crippen molar-refractivity contribution in [1.29, 1.82) is 0 Å². The highest BCUT2D eigenvalue weighted by Crippen LogP contribution is 2.31. The van der Waals surface area contributed by atoms with Gasteiger partial charge >= 0.3 is 0 Å². The lowest BCUT2D eigenvalue weighted by molar-refractivity contribution is -0.128. The van der Waals surface area contributed by atoms with Crippen molar-refractivity contribution in [1.82, 2.24) is 24.6 Å². The Morgan fingerprint density at radius 1 is 1.12 bits per heavy atom. The standard InChI is InChI=1S/C20H27N5O/c1-16(26)23-13-10-19-21-22-20(25(19)15-14-23)18-8-5-11-24(18)12-9-17-6-3-2-4-7-17/h2-4,6-7,18H,5,8-15H2,1H3/t18-/m1/s1. The number of nitrogens with zero attached hydrogens (tertiary/aromatic N) is 5. The van der Waals surface area contributed by atoms with E-state index in [1.54, 1.807) is 6.92 Å². The van der Waals surface area contributed by atoms with Gasteiger partial charge in [-0.15, -0.1) is 10.2 Å². The quantitative estimate of drug-likeness (QED) is 0.844. The van der Waals surface area contributed by atoms with Crippen LogP contribution in [0.2, 0.25) is 0 Å². The molecule has 2 aliphatic heterocycles. The van der Waals surface area contributed by atoms with Crippen LogP contribution in [0.5, 0.6) is 0 Å². The topological polar surface area (TPSA) is 54.3 Å². The molecule has 6 heteroatoms. The number of aromatic nitrogens is 3. The van der Waals surface area contributed by atoms with Gasteiger partial charge in [0, 0.05) is 39.5 Å². The predicted molar refractivity (Wildman–Crippen MR) is 99.7 cm³/mol. The molecule has 0 bridgehead atoms. The molecule has 0 unspecified atom stereocenters. The number of benzene rings is 1. The number of carbonyl (C=O) groups is 1. The summed E-state index contributed by atoms with van der Waals surface area (Å²) in [5.74, 6) is 2.27. The molecule has 0 radical (unpaired) electrons. The van der Waals surface area contributed by atoms with E-state index in [1.165, 1.54) is 12.0 Å². The average Bonchev–Trinajstić information content (AvgIpc) is 3.21. The molecule has 138 valence electrons. The largest absolute Gasteiger partial charge is 0.341 e. The van der Waals surface area contributed by atoms with Gasteiger partial charge in [-0.1, -0.05) is 30.3 Å². The summed E-state index contributed by atoms with van der Waals surface area (Å²) in [6.07, 6.45) is 4.21. The van der Waals surface area contributed by atoms with Crippen LogP contribution in [0.25, 0.3) is 0 Å². The average molecular weight is 353 g/mol. The van der Waals surface area contributed by atoms with Gasteiger partial charge in [0.15, 0.2) is 0 Å². The molecule has 0 spiro atoms. The Kier molecular flexibility index (Phi) is 5.02. The molecule has 1 saturated heterocycles. The number of carbonyl (C=O) groups excluding carboxylic acids is 1. The van der Waals surface area contributed by atoms with Crippen molar-refractivity contribution in [2.45, 2.75) is 45.2 Å². The normalized spacial score (nSPS) is 20.8. The lowest BCUT2D eigenvalue weighted by Crippen LogP contribution is -2.32. The van der Waals surface area contributed by atoms with E-state index in [0.717, 1.165) is 63.6 Å². The fourth-order valence-electron chi connectivity index (χ4n) is 4.21. The van der Waals surface area contributed by atoms with E-state index in [0.29, 0.717) is 6.04 Å². The Balaban J connectivity index is 1.47. The second-order valence-electron chi connectivity index (χ2n) is 7.31. The van der Waals surface area contributed by atoms with E-state index < -0.39 is 0 Å².